The maximum atomic E-state index is 15.1. The van der Waals surface area contributed by atoms with Crippen LogP contribution in [0.2, 0.25) is 0 Å². The number of hydrogen-bond acceptors (Lipinski definition) is 1. The third kappa shape index (κ3) is 4.74. The van der Waals surface area contributed by atoms with E-state index in [1.165, 1.54) is 37.5 Å². The Balaban J connectivity index is 2.32. The van der Waals surface area contributed by atoms with Crippen LogP contribution in [0.4, 0.5) is 26.3 Å². The first-order valence-corrected chi connectivity index (χ1v) is 9.78. The first-order chi connectivity index (χ1) is 14.3. The van der Waals surface area contributed by atoms with Gasteiger partial charge in [-0.3, -0.25) is 0 Å². The second-order valence-electron chi connectivity index (χ2n) is 8.77. The molecular formula is C23H24F6N2. The standard InChI is InChI=1S/C23H24F6N2/c1-22(2,3)12-31-11-16(20(30-4)21(25)26)15-9-18(24)14(10-19(15)31)13-7-5-6-8-17(13)23(27,28)29/h5-11,20-21,30H,12H2,1-4H3. The van der Waals surface area contributed by atoms with Crippen molar-refractivity contribution in [1.82, 2.24) is 9.88 Å². The fourth-order valence-electron chi connectivity index (χ4n) is 3.82. The molecule has 0 amide bonds. The van der Waals surface area contributed by atoms with E-state index in [4.69, 9.17) is 0 Å². The highest BCUT2D eigenvalue weighted by atomic mass is 19.4. The Bertz CT molecular complexity index is 1080. The number of aromatic nitrogens is 1. The van der Waals surface area contributed by atoms with E-state index >= 15 is 4.39 Å². The van der Waals surface area contributed by atoms with Crippen molar-refractivity contribution in [2.24, 2.45) is 5.41 Å². The molecule has 0 radical (unpaired) electrons. The summed E-state index contributed by atoms with van der Waals surface area (Å²) in [4.78, 5) is 0. The van der Waals surface area contributed by atoms with Gasteiger partial charge >= 0.3 is 6.18 Å². The Hall–Kier alpha value is -2.48. The predicted molar refractivity (Wildman–Crippen MR) is 110 cm³/mol. The summed E-state index contributed by atoms with van der Waals surface area (Å²) in [5, 5.41) is 2.79. The molecule has 2 aromatic carbocycles. The molecule has 0 aliphatic carbocycles. The Morgan fingerprint density at radius 1 is 1.00 bits per heavy atom. The van der Waals surface area contributed by atoms with Crippen molar-refractivity contribution in [3.05, 3.63) is 59.5 Å². The average Bonchev–Trinajstić information content (AvgIpc) is 2.96. The number of halogens is 6. The fraction of sp³-hybridized carbons (Fsp3) is 0.391. The minimum atomic E-state index is -4.66. The second kappa shape index (κ2) is 8.22. The van der Waals surface area contributed by atoms with Crippen LogP contribution in [-0.4, -0.2) is 18.0 Å². The fourth-order valence-corrected chi connectivity index (χ4v) is 3.82. The van der Waals surface area contributed by atoms with Gasteiger partial charge in [0.1, 0.15) is 5.82 Å². The minimum absolute atomic E-state index is 0.200. The highest BCUT2D eigenvalue weighted by molar-refractivity contribution is 5.89. The Labute approximate surface area is 176 Å². The van der Waals surface area contributed by atoms with Gasteiger partial charge in [0.05, 0.1) is 11.6 Å². The zero-order valence-corrected chi connectivity index (χ0v) is 17.6. The van der Waals surface area contributed by atoms with Crippen LogP contribution in [0.25, 0.3) is 22.0 Å². The Morgan fingerprint density at radius 2 is 1.65 bits per heavy atom. The van der Waals surface area contributed by atoms with Crippen LogP contribution in [0.1, 0.15) is 37.9 Å². The number of nitrogens with one attached hydrogen (secondary N) is 1. The third-order valence-electron chi connectivity index (χ3n) is 5.07. The Morgan fingerprint density at radius 3 is 2.19 bits per heavy atom. The zero-order valence-electron chi connectivity index (χ0n) is 17.6. The molecule has 1 aromatic heterocycles. The summed E-state index contributed by atoms with van der Waals surface area (Å²) in [7, 11) is 1.38. The second-order valence-corrected chi connectivity index (χ2v) is 8.77. The molecule has 0 saturated heterocycles. The topological polar surface area (TPSA) is 17.0 Å². The molecule has 3 rings (SSSR count). The third-order valence-corrected chi connectivity index (χ3v) is 5.07. The van der Waals surface area contributed by atoms with Gasteiger partial charge in [0.2, 0.25) is 0 Å². The quantitative estimate of drug-likeness (QED) is 0.420. The van der Waals surface area contributed by atoms with Crippen LogP contribution >= 0.6 is 0 Å². The van der Waals surface area contributed by atoms with E-state index in [9.17, 15) is 22.0 Å². The first kappa shape index (κ1) is 23.2. The first-order valence-electron chi connectivity index (χ1n) is 9.78. The Kier molecular flexibility index (Phi) is 6.15. The van der Waals surface area contributed by atoms with Crippen LogP contribution in [0, 0.1) is 11.2 Å². The molecule has 0 aliphatic rings. The normalized spacial score (nSPS) is 13.9. The molecule has 0 fully saturated rings. The van der Waals surface area contributed by atoms with Gasteiger partial charge in [-0.25, -0.2) is 13.2 Å². The van der Waals surface area contributed by atoms with Gasteiger partial charge in [-0.15, -0.1) is 0 Å². The minimum Gasteiger partial charge on any atom is -0.347 e. The van der Waals surface area contributed by atoms with Crippen LogP contribution < -0.4 is 5.32 Å². The monoisotopic (exact) mass is 442 g/mol. The molecule has 168 valence electrons. The van der Waals surface area contributed by atoms with Crippen molar-refractivity contribution in [2.45, 2.75) is 46.0 Å². The van der Waals surface area contributed by atoms with Crippen molar-refractivity contribution >= 4 is 10.9 Å². The van der Waals surface area contributed by atoms with E-state index in [1.807, 2.05) is 20.8 Å². The summed E-state index contributed by atoms with van der Waals surface area (Å²) in [6.45, 7) is 6.26. The van der Waals surface area contributed by atoms with Crippen molar-refractivity contribution in [1.29, 1.82) is 0 Å². The summed E-state index contributed by atoms with van der Waals surface area (Å²) < 4.78 is 84.5. The van der Waals surface area contributed by atoms with Crippen molar-refractivity contribution < 1.29 is 26.3 Å². The van der Waals surface area contributed by atoms with Gasteiger partial charge in [0, 0.05) is 34.8 Å². The molecule has 0 spiro atoms. The number of alkyl halides is 5. The predicted octanol–water partition coefficient (Wildman–Crippen LogP) is 7.04. The van der Waals surface area contributed by atoms with E-state index in [-0.39, 0.29) is 27.5 Å². The largest absolute Gasteiger partial charge is 0.417 e. The number of fused-ring (bicyclic) bond motifs is 1. The van der Waals surface area contributed by atoms with Gasteiger partial charge in [0.25, 0.3) is 6.43 Å². The van der Waals surface area contributed by atoms with Gasteiger partial charge in [-0.05, 0) is 36.2 Å². The van der Waals surface area contributed by atoms with Crippen molar-refractivity contribution in [3.8, 4) is 11.1 Å². The molecule has 1 unspecified atom stereocenters. The van der Waals surface area contributed by atoms with Crippen molar-refractivity contribution in [2.75, 3.05) is 7.05 Å². The molecule has 1 N–H and O–H groups in total. The van der Waals surface area contributed by atoms with Crippen LogP contribution in [-0.2, 0) is 12.7 Å². The summed E-state index contributed by atoms with van der Waals surface area (Å²) in [6, 6.07) is 5.79. The number of rotatable bonds is 5. The van der Waals surface area contributed by atoms with E-state index < -0.39 is 30.0 Å². The molecule has 0 aliphatic heterocycles. The van der Waals surface area contributed by atoms with Gasteiger partial charge in [-0.1, -0.05) is 39.0 Å². The van der Waals surface area contributed by atoms with Crippen LogP contribution in [0.5, 0.6) is 0 Å². The maximum absolute atomic E-state index is 15.1. The molecule has 1 heterocycles. The summed E-state index contributed by atoms with van der Waals surface area (Å²) in [5.74, 6) is -0.900. The van der Waals surface area contributed by atoms with Gasteiger partial charge < -0.3 is 9.88 Å². The lowest BCUT2D eigenvalue weighted by Crippen LogP contribution is -2.23. The molecular weight excluding hydrogens is 418 g/mol. The average molecular weight is 442 g/mol. The lowest BCUT2D eigenvalue weighted by Gasteiger charge is -2.20. The van der Waals surface area contributed by atoms with E-state index in [2.05, 4.69) is 5.32 Å². The lowest BCUT2D eigenvalue weighted by molar-refractivity contribution is -0.137. The molecule has 1 atom stereocenters. The van der Waals surface area contributed by atoms with E-state index in [0.29, 0.717) is 12.1 Å². The van der Waals surface area contributed by atoms with E-state index in [0.717, 1.165) is 12.1 Å². The number of benzene rings is 2. The molecule has 2 nitrogen and oxygen atoms in total. The van der Waals surface area contributed by atoms with Gasteiger partial charge in [-0.2, -0.15) is 13.2 Å². The highest BCUT2D eigenvalue weighted by Gasteiger charge is 2.34. The summed E-state index contributed by atoms with van der Waals surface area (Å²) in [5.41, 5.74) is -1.12. The maximum Gasteiger partial charge on any atom is 0.417 e. The summed E-state index contributed by atoms with van der Waals surface area (Å²) in [6.07, 6.45) is -5.88. The number of nitrogens with zero attached hydrogens (tertiary/aromatic N) is 1. The number of hydrogen-bond donors (Lipinski definition) is 1. The summed E-state index contributed by atoms with van der Waals surface area (Å²) >= 11 is 0. The zero-order chi connectivity index (χ0) is 23.1. The molecule has 0 saturated carbocycles. The smallest absolute Gasteiger partial charge is 0.347 e. The van der Waals surface area contributed by atoms with Crippen molar-refractivity contribution in [3.63, 3.8) is 0 Å². The van der Waals surface area contributed by atoms with Crippen LogP contribution in [0.15, 0.2) is 42.6 Å². The molecule has 3 aromatic rings. The van der Waals surface area contributed by atoms with Gasteiger partial charge in [0.15, 0.2) is 0 Å². The van der Waals surface area contributed by atoms with Crippen LogP contribution in [0.3, 0.4) is 0 Å². The molecule has 8 heteroatoms. The lowest BCUT2D eigenvalue weighted by atomic mass is 9.95. The molecule has 31 heavy (non-hydrogen) atoms. The highest BCUT2D eigenvalue weighted by Crippen LogP contribution is 2.40. The molecule has 0 bridgehead atoms. The SMILES string of the molecule is CNC(c1cn(CC(C)(C)C)c2cc(-c3ccccc3C(F)(F)F)c(F)cc12)C(F)F. The van der Waals surface area contributed by atoms with E-state index in [1.54, 1.807) is 4.57 Å².